The maximum Gasteiger partial charge on any atom is 0.264 e. The highest BCUT2D eigenvalue weighted by molar-refractivity contribution is 8.18. The average Bonchev–Trinajstić information content (AvgIpc) is 2.81. The Morgan fingerprint density at radius 3 is 2.68 bits per heavy atom. The molecule has 1 fully saturated rings. The van der Waals surface area contributed by atoms with Crippen LogP contribution in [0.2, 0.25) is 0 Å². The minimum absolute atomic E-state index is 0.174. The van der Waals surface area contributed by atoms with E-state index in [1.165, 1.54) is 23.9 Å². The van der Waals surface area contributed by atoms with Gasteiger partial charge in [-0.25, -0.2) is 9.38 Å². The monoisotopic (exact) mass is 312 g/mol. The zero-order valence-electron chi connectivity index (χ0n) is 11.8. The Morgan fingerprint density at radius 1 is 1.18 bits per heavy atom. The van der Waals surface area contributed by atoms with Crippen LogP contribution in [0, 0.1) is 12.7 Å². The van der Waals surface area contributed by atoms with E-state index in [0.29, 0.717) is 15.8 Å². The highest BCUT2D eigenvalue weighted by Gasteiger charge is 2.23. The van der Waals surface area contributed by atoms with Gasteiger partial charge in [-0.2, -0.15) is 0 Å². The molecule has 1 aliphatic rings. The highest BCUT2D eigenvalue weighted by Crippen LogP contribution is 2.28. The molecular weight excluding hydrogens is 299 g/mol. The van der Waals surface area contributed by atoms with Crippen LogP contribution in [0.25, 0.3) is 6.08 Å². The summed E-state index contributed by atoms with van der Waals surface area (Å²) in [5.74, 6) is -0.487. The van der Waals surface area contributed by atoms with Crippen LogP contribution >= 0.6 is 11.8 Å². The van der Waals surface area contributed by atoms with Gasteiger partial charge in [0.25, 0.3) is 5.91 Å². The summed E-state index contributed by atoms with van der Waals surface area (Å²) in [5.41, 5.74) is 2.71. The van der Waals surface area contributed by atoms with Crippen LogP contribution < -0.4 is 5.32 Å². The third-order valence-electron chi connectivity index (χ3n) is 3.05. The van der Waals surface area contributed by atoms with E-state index in [2.05, 4.69) is 10.3 Å². The Morgan fingerprint density at radius 2 is 1.95 bits per heavy atom. The van der Waals surface area contributed by atoms with E-state index in [4.69, 9.17) is 0 Å². The molecule has 2 aromatic rings. The molecule has 0 unspecified atom stereocenters. The number of amides is 1. The van der Waals surface area contributed by atoms with Crippen molar-refractivity contribution < 1.29 is 9.18 Å². The van der Waals surface area contributed by atoms with Crippen LogP contribution in [0.3, 0.4) is 0 Å². The zero-order valence-corrected chi connectivity index (χ0v) is 12.7. The lowest BCUT2D eigenvalue weighted by molar-refractivity contribution is -0.115. The Bertz CT molecular complexity index is 782. The summed E-state index contributed by atoms with van der Waals surface area (Å²) >= 11 is 1.28. The number of nitrogens with one attached hydrogen (secondary N) is 1. The van der Waals surface area contributed by atoms with Crippen molar-refractivity contribution in [3.8, 4) is 0 Å². The summed E-state index contributed by atoms with van der Waals surface area (Å²) in [6.07, 6.45) is 1.83. The highest BCUT2D eigenvalue weighted by atomic mass is 32.2. The number of hydrogen-bond donors (Lipinski definition) is 1. The molecule has 1 N–H and O–H groups in total. The molecule has 22 heavy (non-hydrogen) atoms. The normalized spacial score (nSPS) is 18.0. The van der Waals surface area contributed by atoms with Gasteiger partial charge < -0.3 is 5.32 Å². The van der Waals surface area contributed by atoms with Gasteiger partial charge in [-0.15, -0.1) is 0 Å². The second-order valence-electron chi connectivity index (χ2n) is 4.87. The third kappa shape index (κ3) is 3.43. The summed E-state index contributed by atoms with van der Waals surface area (Å²) < 4.78 is 12.9. The van der Waals surface area contributed by atoms with Crippen LogP contribution in [0.1, 0.15) is 11.1 Å². The number of aryl methyl sites for hydroxylation is 1. The molecule has 0 bridgehead atoms. The Hall–Kier alpha value is -2.40. The molecule has 1 aliphatic heterocycles. The lowest BCUT2D eigenvalue weighted by Gasteiger charge is -1.97. The van der Waals surface area contributed by atoms with Crippen LogP contribution in [0.15, 0.2) is 58.4 Å². The van der Waals surface area contributed by atoms with Crippen LogP contribution in [-0.4, -0.2) is 11.1 Å². The zero-order chi connectivity index (χ0) is 15.5. The second kappa shape index (κ2) is 6.15. The average molecular weight is 312 g/mol. The van der Waals surface area contributed by atoms with Gasteiger partial charge in [-0.05, 0) is 54.6 Å². The smallest absolute Gasteiger partial charge is 0.264 e. The van der Waals surface area contributed by atoms with E-state index in [9.17, 15) is 9.18 Å². The summed E-state index contributed by atoms with van der Waals surface area (Å²) in [5, 5.41) is 3.21. The van der Waals surface area contributed by atoms with Crippen molar-refractivity contribution in [1.82, 2.24) is 5.32 Å². The predicted molar refractivity (Wildman–Crippen MR) is 88.4 cm³/mol. The summed E-state index contributed by atoms with van der Waals surface area (Å²) in [4.78, 5) is 16.9. The Labute approximate surface area is 132 Å². The van der Waals surface area contributed by atoms with E-state index in [-0.39, 0.29) is 11.7 Å². The second-order valence-corrected chi connectivity index (χ2v) is 5.90. The van der Waals surface area contributed by atoms with Crippen molar-refractivity contribution in [2.45, 2.75) is 6.92 Å². The number of nitrogens with zero attached hydrogens (tertiary/aromatic N) is 1. The van der Waals surface area contributed by atoms with E-state index in [0.717, 1.165) is 11.1 Å². The van der Waals surface area contributed by atoms with E-state index in [1.807, 2.05) is 37.3 Å². The molecule has 0 saturated carbocycles. The maximum atomic E-state index is 12.9. The lowest BCUT2D eigenvalue weighted by Crippen LogP contribution is -2.19. The van der Waals surface area contributed by atoms with Crippen molar-refractivity contribution in [3.63, 3.8) is 0 Å². The molecule has 2 aromatic carbocycles. The standard InChI is InChI=1S/C17H13FN2OS/c1-11-3-2-4-12(9-11)10-15-16(21)20-17(22-15)19-14-7-5-13(18)6-8-14/h2-10H,1H3,(H,19,20,21)/b15-10+. The van der Waals surface area contributed by atoms with Gasteiger partial charge in [0.2, 0.25) is 0 Å². The van der Waals surface area contributed by atoms with E-state index >= 15 is 0 Å². The number of hydrogen-bond acceptors (Lipinski definition) is 3. The van der Waals surface area contributed by atoms with Gasteiger partial charge in [0, 0.05) is 0 Å². The molecule has 5 heteroatoms. The van der Waals surface area contributed by atoms with Gasteiger partial charge in [0.05, 0.1) is 10.6 Å². The van der Waals surface area contributed by atoms with Crippen LogP contribution in [-0.2, 0) is 4.79 Å². The number of benzene rings is 2. The molecule has 0 aromatic heterocycles. The Balaban J connectivity index is 1.82. The van der Waals surface area contributed by atoms with Crippen molar-refractivity contribution in [2.75, 3.05) is 0 Å². The van der Waals surface area contributed by atoms with Crippen molar-refractivity contribution in [3.05, 3.63) is 70.4 Å². The molecule has 1 heterocycles. The van der Waals surface area contributed by atoms with Crippen LogP contribution in [0.4, 0.5) is 10.1 Å². The number of aliphatic imine (C=N–C) groups is 1. The van der Waals surface area contributed by atoms with Crippen molar-refractivity contribution in [2.24, 2.45) is 4.99 Å². The molecular formula is C17H13FN2OS. The number of rotatable bonds is 2. The van der Waals surface area contributed by atoms with Gasteiger partial charge in [0.15, 0.2) is 5.17 Å². The summed E-state index contributed by atoms with van der Waals surface area (Å²) in [7, 11) is 0. The lowest BCUT2D eigenvalue weighted by atomic mass is 10.1. The SMILES string of the molecule is Cc1cccc(/C=C2/SC(=Nc3ccc(F)cc3)NC2=O)c1. The minimum Gasteiger partial charge on any atom is -0.300 e. The first kappa shape index (κ1) is 14.5. The van der Waals surface area contributed by atoms with Gasteiger partial charge in [0.1, 0.15) is 5.82 Å². The largest absolute Gasteiger partial charge is 0.300 e. The number of thioether (sulfide) groups is 1. The Kier molecular flexibility index (Phi) is 4.06. The first-order valence-corrected chi connectivity index (χ1v) is 7.54. The molecule has 1 amide bonds. The maximum absolute atomic E-state index is 12.9. The van der Waals surface area contributed by atoms with E-state index in [1.54, 1.807) is 12.1 Å². The molecule has 3 rings (SSSR count). The molecule has 3 nitrogen and oxygen atoms in total. The number of carbonyl (C=O) groups is 1. The minimum atomic E-state index is -0.313. The van der Waals surface area contributed by atoms with Gasteiger partial charge >= 0.3 is 0 Å². The number of carbonyl (C=O) groups excluding carboxylic acids is 1. The molecule has 110 valence electrons. The fourth-order valence-corrected chi connectivity index (χ4v) is 2.87. The number of amidine groups is 1. The van der Waals surface area contributed by atoms with Crippen molar-refractivity contribution in [1.29, 1.82) is 0 Å². The molecule has 1 saturated heterocycles. The molecule has 0 radical (unpaired) electrons. The number of halogens is 1. The fourth-order valence-electron chi connectivity index (χ4n) is 2.02. The third-order valence-corrected chi connectivity index (χ3v) is 3.96. The van der Waals surface area contributed by atoms with Gasteiger partial charge in [-0.1, -0.05) is 29.8 Å². The molecule has 0 atom stereocenters. The fraction of sp³-hybridized carbons (Fsp3) is 0.0588. The predicted octanol–water partition coefficient (Wildman–Crippen LogP) is 4.03. The van der Waals surface area contributed by atoms with Crippen LogP contribution in [0.5, 0.6) is 0 Å². The summed E-state index contributed by atoms with van der Waals surface area (Å²) in [6, 6.07) is 13.7. The summed E-state index contributed by atoms with van der Waals surface area (Å²) in [6.45, 7) is 2.01. The quantitative estimate of drug-likeness (QED) is 0.851. The molecule has 0 spiro atoms. The first-order valence-electron chi connectivity index (χ1n) is 6.72. The van der Waals surface area contributed by atoms with E-state index < -0.39 is 0 Å². The molecule has 0 aliphatic carbocycles. The first-order chi connectivity index (χ1) is 10.6. The topological polar surface area (TPSA) is 41.5 Å². The van der Waals surface area contributed by atoms with Gasteiger partial charge in [-0.3, -0.25) is 4.79 Å². The van der Waals surface area contributed by atoms with Crippen molar-refractivity contribution >= 4 is 34.6 Å².